The van der Waals surface area contributed by atoms with Crippen LogP contribution < -0.4 is 15.6 Å². The van der Waals surface area contributed by atoms with Crippen LogP contribution in [0.2, 0.25) is 5.02 Å². The highest BCUT2D eigenvalue weighted by atomic mass is 35.5. The first-order chi connectivity index (χ1) is 16.5. The summed E-state index contributed by atoms with van der Waals surface area (Å²) in [6, 6.07) is 14.4. The molecule has 0 saturated heterocycles. The fourth-order valence-electron chi connectivity index (χ4n) is 3.34. The van der Waals surface area contributed by atoms with E-state index in [1.165, 1.54) is 11.8 Å². The van der Waals surface area contributed by atoms with Gasteiger partial charge in [-0.25, -0.2) is 4.98 Å². The van der Waals surface area contributed by atoms with E-state index in [0.717, 1.165) is 11.3 Å². The molecular weight excluding hydrogens is 474 g/mol. The van der Waals surface area contributed by atoms with Gasteiger partial charge in [0.25, 0.3) is 5.56 Å². The number of carbonyl (C=O) groups is 1. The number of halogens is 1. The molecule has 1 N–H and O–H groups in total. The quantitative estimate of drug-likeness (QED) is 0.271. The summed E-state index contributed by atoms with van der Waals surface area (Å²) in [5, 5.41) is 8.29. The maximum absolute atomic E-state index is 13.3. The lowest BCUT2D eigenvalue weighted by molar-refractivity contribution is -0.113. The second-order valence-electron chi connectivity index (χ2n) is 7.43. The van der Waals surface area contributed by atoms with Crippen molar-refractivity contribution < 1.29 is 9.53 Å². The maximum atomic E-state index is 13.3. The lowest BCUT2D eigenvalue weighted by atomic mass is 10.2. The molecule has 0 atom stereocenters. The molecular formula is C24H24ClN5O3S. The molecule has 8 nitrogen and oxygen atoms in total. The summed E-state index contributed by atoms with van der Waals surface area (Å²) in [5.41, 5.74) is 2.12. The Labute approximate surface area is 205 Å². The molecule has 10 heteroatoms. The molecule has 4 aromatic rings. The molecule has 0 aliphatic heterocycles. The number of anilines is 1. The molecule has 0 saturated carbocycles. The van der Waals surface area contributed by atoms with Crippen LogP contribution in [0.3, 0.4) is 0 Å². The van der Waals surface area contributed by atoms with E-state index in [4.69, 9.17) is 16.3 Å². The zero-order valence-electron chi connectivity index (χ0n) is 18.8. The van der Waals surface area contributed by atoms with Gasteiger partial charge in [-0.2, -0.15) is 5.10 Å². The summed E-state index contributed by atoms with van der Waals surface area (Å²) in [4.78, 5) is 30.5. The van der Waals surface area contributed by atoms with Crippen molar-refractivity contribution >= 4 is 46.0 Å². The van der Waals surface area contributed by atoms with Gasteiger partial charge in [0.1, 0.15) is 11.3 Å². The Kier molecular flexibility index (Phi) is 7.54. The lowest BCUT2D eigenvalue weighted by Gasteiger charge is -2.12. The number of ether oxygens (including phenoxy) is 1. The number of hydrogen-bond donors (Lipinski definition) is 1. The van der Waals surface area contributed by atoms with Crippen LogP contribution in [0.4, 0.5) is 5.69 Å². The Morgan fingerprint density at radius 3 is 2.53 bits per heavy atom. The Balaban J connectivity index is 1.56. The molecule has 2 aromatic heterocycles. The Hall–Kier alpha value is -3.30. The molecule has 0 aliphatic rings. The normalized spacial score (nSPS) is 11.0. The van der Waals surface area contributed by atoms with Crippen molar-refractivity contribution in [2.75, 3.05) is 17.7 Å². The highest BCUT2D eigenvalue weighted by Gasteiger charge is 2.16. The van der Waals surface area contributed by atoms with Gasteiger partial charge in [-0.05, 0) is 55.8 Å². The zero-order valence-corrected chi connectivity index (χ0v) is 20.4. The molecule has 176 valence electrons. The second kappa shape index (κ2) is 10.8. The van der Waals surface area contributed by atoms with Crippen LogP contribution >= 0.6 is 23.4 Å². The first kappa shape index (κ1) is 23.8. The molecule has 1 amide bonds. The summed E-state index contributed by atoms with van der Waals surface area (Å²) in [5.74, 6) is 0.630. The summed E-state index contributed by atoms with van der Waals surface area (Å²) in [7, 11) is 0. The molecule has 0 spiro atoms. The minimum Gasteiger partial charge on any atom is -0.494 e. The molecule has 2 aromatic carbocycles. The molecule has 2 heterocycles. The van der Waals surface area contributed by atoms with Crippen LogP contribution in [-0.2, 0) is 17.9 Å². The van der Waals surface area contributed by atoms with Crippen LogP contribution in [0.5, 0.6) is 5.75 Å². The molecule has 0 radical (unpaired) electrons. The van der Waals surface area contributed by atoms with E-state index in [2.05, 4.69) is 15.4 Å². The first-order valence-electron chi connectivity index (χ1n) is 10.8. The van der Waals surface area contributed by atoms with Crippen LogP contribution in [0.1, 0.15) is 19.4 Å². The third-order valence-electron chi connectivity index (χ3n) is 5.00. The number of amides is 1. The van der Waals surface area contributed by atoms with Crippen LogP contribution in [0, 0.1) is 0 Å². The third-order valence-corrected chi connectivity index (χ3v) is 6.22. The van der Waals surface area contributed by atoms with Crippen LogP contribution in [0.15, 0.2) is 64.7 Å². The van der Waals surface area contributed by atoms with Gasteiger partial charge in [0, 0.05) is 17.3 Å². The van der Waals surface area contributed by atoms with Crippen molar-refractivity contribution in [3.8, 4) is 5.75 Å². The Bertz CT molecular complexity index is 1350. The molecule has 0 fully saturated rings. The van der Waals surface area contributed by atoms with Crippen molar-refractivity contribution in [3.05, 3.63) is 75.7 Å². The van der Waals surface area contributed by atoms with E-state index in [9.17, 15) is 9.59 Å². The zero-order chi connectivity index (χ0) is 24.1. The molecule has 0 aliphatic carbocycles. The predicted octanol–water partition coefficient (Wildman–Crippen LogP) is 4.44. The lowest BCUT2D eigenvalue weighted by Crippen LogP contribution is -2.25. The van der Waals surface area contributed by atoms with Crippen molar-refractivity contribution in [1.82, 2.24) is 19.3 Å². The minimum atomic E-state index is -0.249. The van der Waals surface area contributed by atoms with E-state index in [1.807, 2.05) is 26.0 Å². The number of nitrogens with one attached hydrogen (secondary N) is 1. The maximum Gasteiger partial charge on any atom is 0.282 e. The highest BCUT2D eigenvalue weighted by Crippen LogP contribution is 2.21. The second-order valence-corrected chi connectivity index (χ2v) is 8.80. The minimum absolute atomic E-state index is 0.0910. The summed E-state index contributed by atoms with van der Waals surface area (Å²) >= 11 is 7.21. The number of fused-ring (bicyclic) bond motifs is 1. The SMILES string of the molecule is CCOc1ccc(NC(=O)CSc2nc3cn(CC)nc3c(=O)n2Cc2ccc(Cl)cc2)cc1. The Morgan fingerprint density at radius 2 is 1.85 bits per heavy atom. The van der Waals surface area contributed by atoms with Crippen LogP contribution in [-0.4, -0.2) is 37.6 Å². The van der Waals surface area contributed by atoms with E-state index in [0.29, 0.717) is 46.6 Å². The van der Waals surface area contributed by atoms with Gasteiger partial charge in [-0.3, -0.25) is 18.8 Å². The number of aryl methyl sites for hydroxylation is 1. The van der Waals surface area contributed by atoms with Gasteiger partial charge in [0.2, 0.25) is 5.91 Å². The van der Waals surface area contributed by atoms with Gasteiger partial charge in [0.05, 0.1) is 25.1 Å². The van der Waals surface area contributed by atoms with Gasteiger partial charge in [0.15, 0.2) is 10.7 Å². The molecule has 0 bridgehead atoms. The van der Waals surface area contributed by atoms with Gasteiger partial charge in [-0.15, -0.1) is 0 Å². The van der Waals surface area contributed by atoms with Crippen molar-refractivity contribution in [2.24, 2.45) is 0 Å². The van der Waals surface area contributed by atoms with Gasteiger partial charge >= 0.3 is 0 Å². The number of benzene rings is 2. The van der Waals surface area contributed by atoms with E-state index in [1.54, 1.807) is 51.8 Å². The molecule has 0 unspecified atom stereocenters. The van der Waals surface area contributed by atoms with Crippen molar-refractivity contribution in [1.29, 1.82) is 0 Å². The first-order valence-corrected chi connectivity index (χ1v) is 12.2. The fraction of sp³-hybridized carbons (Fsp3) is 0.250. The van der Waals surface area contributed by atoms with Crippen LogP contribution in [0.25, 0.3) is 11.0 Å². The van der Waals surface area contributed by atoms with E-state index < -0.39 is 0 Å². The number of thioether (sulfide) groups is 1. The summed E-state index contributed by atoms with van der Waals surface area (Å²) in [6.45, 7) is 5.35. The average molecular weight is 498 g/mol. The topological polar surface area (TPSA) is 91.0 Å². The van der Waals surface area contributed by atoms with E-state index >= 15 is 0 Å². The predicted molar refractivity (Wildman–Crippen MR) is 135 cm³/mol. The smallest absolute Gasteiger partial charge is 0.282 e. The van der Waals surface area contributed by atoms with Crippen molar-refractivity contribution in [2.45, 2.75) is 32.1 Å². The number of carbonyl (C=O) groups excluding carboxylic acids is 1. The summed E-state index contributed by atoms with van der Waals surface area (Å²) in [6.07, 6.45) is 1.74. The number of rotatable bonds is 9. The number of aromatic nitrogens is 4. The average Bonchev–Trinajstić information content (AvgIpc) is 3.26. The number of nitrogens with zero attached hydrogens (tertiary/aromatic N) is 4. The van der Waals surface area contributed by atoms with Crippen molar-refractivity contribution in [3.63, 3.8) is 0 Å². The largest absolute Gasteiger partial charge is 0.494 e. The monoisotopic (exact) mass is 497 g/mol. The van der Waals surface area contributed by atoms with Gasteiger partial charge < -0.3 is 10.1 Å². The number of hydrogen-bond acceptors (Lipinski definition) is 6. The van der Waals surface area contributed by atoms with Gasteiger partial charge in [-0.1, -0.05) is 35.5 Å². The molecule has 4 rings (SSSR count). The fourth-order valence-corrected chi connectivity index (χ4v) is 4.26. The highest BCUT2D eigenvalue weighted by molar-refractivity contribution is 7.99. The standard InChI is InChI=1S/C24H24ClN5O3S/c1-3-29-14-20-22(28-29)23(32)30(13-16-5-7-17(25)8-6-16)24(27-20)34-15-21(31)26-18-9-11-19(12-10-18)33-4-2/h5-12,14H,3-4,13,15H2,1-2H3,(H,26,31). The Morgan fingerprint density at radius 1 is 1.12 bits per heavy atom. The summed E-state index contributed by atoms with van der Waals surface area (Å²) < 4.78 is 8.65. The van der Waals surface area contributed by atoms with E-state index in [-0.39, 0.29) is 17.2 Å². The third kappa shape index (κ3) is 5.60. The molecule has 34 heavy (non-hydrogen) atoms.